The van der Waals surface area contributed by atoms with Crippen LogP contribution < -0.4 is 20.7 Å². The maximum Gasteiger partial charge on any atom is 0.319 e. The Kier molecular flexibility index (Phi) is 10.2. The average Bonchev–Trinajstić information content (AvgIpc) is 2.60. The van der Waals surface area contributed by atoms with Gasteiger partial charge in [0.25, 0.3) is 5.91 Å². The molecule has 0 bridgehead atoms. The molecule has 7 nitrogen and oxygen atoms in total. The van der Waals surface area contributed by atoms with Gasteiger partial charge in [-0.25, -0.2) is 4.79 Å². The van der Waals surface area contributed by atoms with E-state index in [2.05, 4.69) is 41.7 Å². The van der Waals surface area contributed by atoms with Crippen LogP contribution in [0.1, 0.15) is 33.6 Å². The number of ether oxygens (including phenoxy) is 1. The molecule has 3 N–H and O–H groups in total. The second-order valence-electron chi connectivity index (χ2n) is 6.43. The summed E-state index contributed by atoms with van der Waals surface area (Å²) >= 11 is 0. The molecule has 0 radical (unpaired) electrons. The highest BCUT2D eigenvalue weighted by atomic mass is 16.5. The van der Waals surface area contributed by atoms with E-state index in [4.69, 9.17) is 4.74 Å². The molecule has 0 saturated heterocycles. The van der Waals surface area contributed by atoms with Crippen LogP contribution in [0.4, 0.5) is 10.5 Å². The van der Waals surface area contributed by atoms with Crippen LogP contribution in [0.5, 0.6) is 5.75 Å². The largest absolute Gasteiger partial charge is 0.484 e. The molecule has 0 unspecified atom stereocenters. The van der Waals surface area contributed by atoms with Gasteiger partial charge in [-0.15, -0.1) is 0 Å². The molecule has 0 aliphatic rings. The summed E-state index contributed by atoms with van der Waals surface area (Å²) < 4.78 is 5.36. The molecule has 0 aromatic heterocycles. The molecular formula is C19H32N4O3. The van der Waals surface area contributed by atoms with Gasteiger partial charge in [0.15, 0.2) is 6.61 Å². The summed E-state index contributed by atoms with van der Waals surface area (Å²) in [6, 6.07) is 7.24. The van der Waals surface area contributed by atoms with Crippen molar-refractivity contribution in [2.24, 2.45) is 0 Å². The van der Waals surface area contributed by atoms with E-state index in [0.717, 1.165) is 19.4 Å². The number of benzene rings is 1. The first-order valence-electron chi connectivity index (χ1n) is 9.17. The number of likely N-dealkylation sites (N-methyl/N-ethyl adjacent to an activating group) is 1. The molecule has 1 rings (SSSR count). The lowest BCUT2D eigenvalue weighted by Gasteiger charge is -2.20. The van der Waals surface area contributed by atoms with Gasteiger partial charge in [0.05, 0.1) is 0 Å². The number of nitrogens with one attached hydrogen (secondary N) is 3. The molecule has 1 aromatic rings. The van der Waals surface area contributed by atoms with Gasteiger partial charge >= 0.3 is 6.03 Å². The highest BCUT2D eigenvalue weighted by Crippen LogP contribution is 2.15. The lowest BCUT2D eigenvalue weighted by molar-refractivity contribution is -0.122. The topological polar surface area (TPSA) is 82.7 Å². The molecule has 0 aliphatic heterocycles. The monoisotopic (exact) mass is 364 g/mol. The van der Waals surface area contributed by atoms with Crippen molar-refractivity contribution in [1.82, 2.24) is 15.5 Å². The number of hydrogen-bond acceptors (Lipinski definition) is 4. The van der Waals surface area contributed by atoms with Gasteiger partial charge in [0, 0.05) is 24.8 Å². The minimum atomic E-state index is -0.224. The highest BCUT2D eigenvalue weighted by molar-refractivity contribution is 5.89. The van der Waals surface area contributed by atoms with Crippen molar-refractivity contribution >= 4 is 17.6 Å². The second kappa shape index (κ2) is 12.1. The normalized spacial score (nSPS) is 10.7. The van der Waals surface area contributed by atoms with E-state index < -0.39 is 0 Å². The zero-order chi connectivity index (χ0) is 19.4. The van der Waals surface area contributed by atoms with Gasteiger partial charge in [-0.1, -0.05) is 0 Å². The Labute approximate surface area is 156 Å². The van der Waals surface area contributed by atoms with Crippen molar-refractivity contribution in [3.63, 3.8) is 0 Å². The Morgan fingerprint density at radius 2 is 1.81 bits per heavy atom. The van der Waals surface area contributed by atoms with E-state index in [-0.39, 0.29) is 18.5 Å². The number of rotatable bonds is 11. The quantitative estimate of drug-likeness (QED) is 0.527. The van der Waals surface area contributed by atoms with Crippen molar-refractivity contribution in [2.75, 3.05) is 38.6 Å². The maximum absolute atomic E-state index is 11.9. The number of hydrogen-bond donors (Lipinski definition) is 3. The van der Waals surface area contributed by atoms with Crippen molar-refractivity contribution < 1.29 is 14.3 Å². The molecule has 0 spiro atoms. The molecule has 3 amide bonds. The SMILES string of the molecule is CCNC(=O)COc1ccc(NC(=O)NCCCCN(C)C(C)C)cc1. The van der Waals surface area contributed by atoms with Gasteiger partial charge in [0.1, 0.15) is 5.75 Å². The first-order valence-corrected chi connectivity index (χ1v) is 9.17. The number of amides is 3. The van der Waals surface area contributed by atoms with E-state index in [1.54, 1.807) is 24.3 Å². The fraction of sp³-hybridized carbons (Fsp3) is 0.579. The number of unbranched alkanes of at least 4 members (excludes halogenated alkanes) is 1. The Morgan fingerprint density at radius 3 is 2.42 bits per heavy atom. The van der Waals surface area contributed by atoms with Gasteiger partial charge in [0.2, 0.25) is 0 Å². The first kappa shape index (κ1) is 21.8. The second-order valence-corrected chi connectivity index (χ2v) is 6.43. The lowest BCUT2D eigenvalue weighted by Crippen LogP contribution is -2.31. The lowest BCUT2D eigenvalue weighted by atomic mass is 10.2. The van der Waals surface area contributed by atoms with Gasteiger partial charge in [-0.05, 0) is 71.5 Å². The number of nitrogens with zero attached hydrogens (tertiary/aromatic N) is 1. The third-order valence-electron chi connectivity index (χ3n) is 3.96. The summed E-state index contributed by atoms with van der Waals surface area (Å²) in [5, 5.41) is 8.29. The van der Waals surface area contributed by atoms with Crippen LogP contribution in [0, 0.1) is 0 Å². The van der Waals surface area contributed by atoms with E-state index in [9.17, 15) is 9.59 Å². The van der Waals surface area contributed by atoms with E-state index >= 15 is 0 Å². The Bertz CT molecular complexity index is 546. The minimum Gasteiger partial charge on any atom is -0.484 e. The fourth-order valence-corrected chi connectivity index (χ4v) is 2.15. The third-order valence-corrected chi connectivity index (χ3v) is 3.96. The standard InChI is InChI=1S/C19H32N4O3/c1-5-20-18(24)14-26-17-10-8-16(9-11-17)22-19(25)21-12-6-7-13-23(4)15(2)3/h8-11,15H,5-7,12-14H2,1-4H3,(H,20,24)(H2,21,22,25). The average molecular weight is 364 g/mol. The van der Waals surface area contributed by atoms with E-state index in [1.165, 1.54) is 0 Å². The molecule has 0 saturated carbocycles. The Hall–Kier alpha value is -2.28. The molecular weight excluding hydrogens is 332 g/mol. The smallest absolute Gasteiger partial charge is 0.319 e. The van der Waals surface area contributed by atoms with Crippen molar-refractivity contribution in [3.05, 3.63) is 24.3 Å². The summed E-state index contributed by atoms with van der Waals surface area (Å²) in [5.41, 5.74) is 0.674. The van der Waals surface area contributed by atoms with Crippen molar-refractivity contribution in [2.45, 2.75) is 39.7 Å². The summed E-state index contributed by atoms with van der Waals surface area (Å²) in [7, 11) is 2.11. The van der Waals surface area contributed by atoms with Crippen molar-refractivity contribution in [3.8, 4) is 5.75 Å². The highest BCUT2D eigenvalue weighted by Gasteiger charge is 2.05. The van der Waals surface area contributed by atoms with Crippen LogP contribution in [-0.2, 0) is 4.79 Å². The predicted molar refractivity (Wildman–Crippen MR) is 105 cm³/mol. The first-order chi connectivity index (χ1) is 12.4. The van der Waals surface area contributed by atoms with Gasteiger partial charge < -0.3 is 25.6 Å². The third kappa shape index (κ3) is 9.27. The van der Waals surface area contributed by atoms with Gasteiger partial charge in [-0.3, -0.25) is 4.79 Å². The van der Waals surface area contributed by atoms with Crippen molar-refractivity contribution in [1.29, 1.82) is 0 Å². The van der Waals surface area contributed by atoms with E-state index in [1.807, 2.05) is 6.92 Å². The molecule has 7 heteroatoms. The number of carbonyl (C=O) groups excluding carboxylic acids is 2. The zero-order valence-corrected chi connectivity index (χ0v) is 16.3. The number of anilines is 1. The van der Waals surface area contributed by atoms with E-state index in [0.29, 0.717) is 30.6 Å². The molecule has 0 fully saturated rings. The van der Waals surface area contributed by atoms with Crippen LogP contribution >= 0.6 is 0 Å². The minimum absolute atomic E-state index is 0.0207. The molecule has 0 heterocycles. The maximum atomic E-state index is 11.9. The Balaban J connectivity index is 2.22. The summed E-state index contributed by atoms with van der Waals surface area (Å²) in [4.78, 5) is 25.5. The molecule has 0 atom stereocenters. The number of urea groups is 1. The van der Waals surface area contributed by atoms with Crippen LogP contribution in [0.15, 0.2) is 24.3 Å². The molecule has 146 valence electrons. The molecule has 26 heavy (non-hydrogen) atoms. The summed E-state index contributed by atoms with van der Waals surface area (Å²) in [6.07, 6.45) is 1.99. The number of carbonyl (C=O) groups is 2. The van der Waals surface area contributed by atoms with Gasteiger partial charge in [-0.2, -0.15) is 0 Å². The molecule has 1 aromatic carbocycles. The fourth-order valence-electron chi connectivity index (χ4n) is 2.15. The Morgan fingerprint density at radius 1 is 1.12 bits per heavy atom. The zero-order valence-electron chi connectivity index (χ0n) is 16.3. The van der Waals surface area contributed by atoms with Crippen LogP contribution in [0.25, 0.3) is 0 Å². The molecule has 0 aliphatic carbocycles. The summed E-state index contributed by atoms with van der Waals surface area (Å²) in [6.45, 7) is 8.42. The predicted octanol–water partition coefficient (Wildman–Crippen LogP) is 2.44. The van der Waals surface area contributed by atoms with Crippen LogP contribution in [-0.4, -0.2) is 56.2 Å². The van der Waals surface area contributed by atoms with Crippen LogP contribution in [0.3, 0.4) is 0 Å². The van der Waals surface area contributed by atoms with Crippen LogP contribution in [0.2, 0.25) is 0 Å². The summed E-state index contributed by atoms with van der Waals surface area (Å²) in [5.74, 6) is 0.421.